The van der Waals surface area contributed by atoms with Gasteiger partial charge in [0, 0.05) is 28.8 Å². The van der Waals surface area contributed by atoms with Crippen molar-refractivity contribution in [3.05, 3.63) is 71.4 Å². The number of aryl methyl sites for hydroxylation is 1. The Hall–Kier alpha value is -3.98. The number of hydrogen-bond acceptors (Lipinski definition) is 6. The fourth-order valence-electron chi connectivity index (χ4n) is 4.24. The highest BCUT2D eigenvalue weighted by Crippen LogP contribution is 2.25. The van der Waals surface area contributed by atoms with Crippen molar-refractivity contribution >= 4 is 28.6 Å². The van der Waals surface area contributed by atoms with E-state index >= 15 is 0 Å². The summed E-state index contributed by atoms with van der Waals surface area (Å²) in [5.74, 6) is -0.748. The van der Waals surface area contributed by atoms with E-state index in [-0.39, 0.29) is 18.7 Å². The number of ether oxygens (including phenoxy) is 1. The molecule has 0 spiro atoms. The van der Waals surface area contributed by atoms with Crippen molar-refractivity contribution < 1.29 is 24.3 Å². The van der Waals surface area contributed by atoms with Gasteiger partial charge in [-0.25, -0.2) is 5.48 Å². The Bertz CT molecular complexity index is 1230. The van der Waals surface area contributed by atoms with Crippen LogP contribution in [0.3, 0.4) is 0 Å². The fraction of sp³-hybridized carbons (Fsp3) is 0.280. The highest BCUT2D eigenvalue weighted by atomic mass is 16.5. The predicted octanol–water partition coefficient (Wildman–Crippen LogP) is 2.40. The molecular formula is C25H26N4O5. The molecule has 0 saturated carbocycles. The van der Waals surface area contributed by atoms with E-state index in [1.807, 2.05) is 37.3 Å². The summed E-state index contributed by atoms with van der Waals surface area (Å²) in [7, 11) is 0. The minimum absolute atomic E-state index is 0.0489. The predicted molar refractivity (Wildman–Crippen MR) is 124 cm³/mol. The van der Waals surface area contributed by atoms with Gasteiger partial charge in [-0.2, -0.15) is 0 Å². The zero-order valence-corrected chi connectivity index (χ0v) is 18.8. The van der Waals surface area contributed by atoms with Gasteiger partial charge in [-0.15, -0.1) is 0 Å². The third-order valence-corrected chi connectivity index (χ3v) is 5.87. The molecule has 3 amide bonds. The Labute approximate surface area is 196 Å². The molecule has 0 radical (unpaired) electrons. The van der Waals surface area contributed by atoms with Crippen molar-refractivity contribution in [1.29, 1.82) is 0 Å². The molecular weight excluding hydrogens is 436 g/mol. The smallest absolute Gasteiger partial charge is 0.251 e. The Morgan fingerprint density at radius 2 is 1.94 bits per heavy atom. The van der Waals surface area contributed by atoms with Gasteiger partial charge < -0.3 is 15.4 Å². The number of hydroxylamine groups is 1. The lowest BCUT2D eigenvalue weighted by atomic mass is 9.84. The Morgan fingerprint density at radius 1 is 1.18 bits per heavy atom. The number of pyridine rings is 1. The van der Waals surface area contributed by atoms with Gasteiger partial charge in [0.05, 0.1) is 23.9 Å². The fourth-order valence-corrected chi connectivity index (χ4v) is 4.24. The number of hydrogen-bond donors (Lipinski definition) is 4. The number of nitrogens with one attached hydrogen (secondary N) is 3. The Morgan fingerprint density at radius 3 is 2.68 bits per heavy atom. The third kappa shape index (κ3) is 5.32. The molecule has 2 heterocycles. The molecule has 0 aliphatic carbocycles. The van der Waals surface area contributed by atoms with Crippen molar-refractivity contribution in [3.8, 4) is 5.75 Å². The number of benzene rings is 2. The van der Waals surface area contributed by atoms with Crippen LogP contribution in [-0.2, 0) is 16.2 Å². The number of carbonyl (C=O) groups excluding carboxylic acids is 3. The molecule has 9 nitrogen and oxygen atoms in total. The molecule has 1 fully saturated rings. The summed E-state index contributed by atoms with van der Waals surface area (Å²) in [6.45, 7) is 2.62. The van der Waals surface area contributed by atoms with Crippen LogP contribution in [0.1, 0.15) is 40.9 Å². The van der Waals surface area contributed by atoms with Crippen molar-refractivity contribution in [2.24, 2.45) is 0 Å². The van der Waals surface area contributed by atoms with Crippen LogP contribution in [-0.4, -0.2) is 40.0 Å². The zero-order chi connectivity index (χ0) is 24.1. The summed E-state index contributed by atoms with van der Waals surface area (Å²) in [5, 5.41) is 15.4. The number of amides is 3. The number of piperidine rings is 1. The normalized spacial score (nSPS) is 17.6. The first-order valence-electron chi connectivity index (χ1n) is 11.0. The lowest BCUT2D eigenvalue weighted by Gasteiger charge is -2.37. The number of para-hydroxylation sites is 1. The van der Waals surface area contributed by atoms with Gasteiger partial charge in [0.2, 0.25) is 11.8 Å². The maximum Gasteiger partial charge on any atom is 0.251 e. The topological polar surface area (TPSA) is 130 Å². The summed E-state index contributed by atoms with van der Waals surface area (Å²) in [6, 6.07) is 16.5. The monoisotopic (exact) mass is 462 g/mol. The van der Waals surface area contributed by atoms with Crippen LogP contribution in [0, 0.1) is 6.92 Å². The second-order valence-corrected chi connectivity index (χ2v) is 8.48. The van der Waals surface area contributed by atoms with Crippen LogP contribution in [0.15, 0.2) is 54.6 Å². The van der Waals surface area contributed by atoms with E-state index < -0.39 is 17.4 Å². The van der Waals surface area contributed by atoms with Crippen LogP contribution in [0.4, 0.5) is 0 Å². The summed E-state index contributed by atoms with van der Waals surface area (Å²) >= 11 is 0. The first-order valence-corrected chi connectivity index (χ1v) is 11.0. The van der Waals surface area contributed by atoms with Gasteiger partial charge in [0.15, 0.2) is 0 Å². The van der Waals surface area contributed by atoms with E-state index in [1.54, 1.807) is 29.7 Å². The minimum atomic E-state index is -1.07. The number of carbonyl (C=O) groups is 3. The van der Waals surface area contributed by atoms with E-state index in [0.717, 1.165) is 22.2 Å². The maximum absolute atomic E-state index is 12.9. The van der Waals surface area contributed by atoms with E-state index in [0.29, 0.717) is 30.9 Å². The minimum Gasteiger partial charge on any atom is -0.489 e. The van der Waals surface area contributed by atoms with Crippen molar-refractivity contribution in [3.63, 3.8) is 0 Å². The molecule has 4 rings (SSSR count). The van der Waals surface area contributed by atoms with E-state index in [4.69, 9.17) is 9.94 Å². The molecule has 1 saturated heterocycles. The Balaban J connectivity index is 1.44. The van der Waals surface area contributed by atoms with Crippen LogP contribution < -0.4 is 20.9 Å². The lowest BCUT2D eigenvalue weighted by Crippen LogP contribution is -2.58. The van der Waals surface area contributed by atoms with Crippen LogP contribution in [0.2, 0.25) is 0 Å². The second-order valence-electron chi connectivity index (χ2n) is 8.48. The number of rotatable bonds is 7. The molecule has 2 aromatic carbocycles. The standard InChI is InChI=1S/C25H26N4O5/c1-16-12-18(20-4-2-3-5-21(20)27-16)15-34-19-8-6-17(7-9-19)24(32)28-25(14-23(31)29-33)10-11-26-22(30)13-25/h2-9,12,33H,10-11,13-15H2,1H3,(H,26,30)(H,28,32)(H,29,31). The molecule has 34 heavy (non-hydrogen) atoms. The van der Waals surface area contributed by atoms with Gasteiger partial charge in [0.25, 0.3) is 5.91 Å². The largest absolute Gasteiger partial charge is 0.489 e. The molecule has 1 aliphatic rings. The van der Waals surface area contributed by atoms with E-state index in [9.17, 15) is 14.4 Å². The SMILES string of the molecule is Cc1cc(COc2ccc(C(=O)NC3(CC(=O)NO)CCNC(=O)C3)cc2)c2ccccc2n1. The number of fused-ring (bicyclic) bond motifs is 1. The second kappa shape index (κ2) is 9.88. The zero-order valence-electron chi connectivity index (χ0n) is 18.8. The molecule has 1 aromatic heterocycles. The lowest BCUT2D eigenvalue weighted by molar-refractivity contribution is -0.132. The van der Waals surface area contributed by atoms with Crippen molar-refractivity contribution in [1.82, 2.24) is 21.1 Å². The molecule has 1 atom stereocenters. The molecule has 4 N–H and O–H groups in total. The molecule has 0 bridgehead atoms. The van der Waals surface area contributed by atoms with Crippen molar-refractivity contribution in [2.45, 2.75) is 38.3 Å². The Kier molecular flexibility index (Phi) is 6.74. The summed E-state index contributed by atoms with van der Waals surface area (Å²) in [5.41, 5.74) is 3.71. The average molecular weight is 463 g/mol. The first kappa shape index (κ1) is 23.2. The summed E-state index contributed by atoms with van der Waals surface area (Å²) < 4.78 is 5.95. The van der Waals surface area contributed by atoms with Gasteiger partial charge in [-0.1, -0.05) is 18.2 Å². The van der Waals surface area contributed by atoms with Crippen molar-refractivity contribution in [2.75, 3.05) is 6.54 Å². The van der Waals surface area contributed by atoms with Gasteiger partial charge in [-0.05, 0) is 49.7 Å². The summed E-state index contributed by atoms with van der Waals surface area (Å²) in [6.07, 6.45) is 0.119. The average Bonchev–Trinajstić information content (AvgIpc) is 2.82. The maximum atomic E-state index is 12.9. The first-order chi connectivity index (χ1) is 16.4. The highest BCUT2D eigenvalue weighted by molar-refractivity contribution is 5.96. The van der Waals surface area contributed by atoms with Crippen LogP contribution >= 0.6 is 0 Å². The highest BCUT2D eigenvalue weighted by Gasteiger charge is 2.39. The molecule has 1 aliphatic heterocycles. The van der Waals surface area contributed by atoms with E-state index in [1.165, 1.54) is 0 Å². The quantitative estimate of drug-likeness (QED) is 0.315. The van der Waals surface area contributed by atoms with Crippen LogP contribution in [0.5, 0.6) is 5.75 Å². The molecule has 176 valence electrons. The molecule has 9 heteroatoms. The molecule has 3 aromatic rings. The third-order valence-electron chi connectivity index (χ3n) is 5.87. The summed E-state index contributed by atoms with van der Waals surface area (Å²) in [4.78, 5) is 41.1. The molecule has 1 unspecified atom stereocenters. The number of nitrogens with zero attached hydrogens (tertiary/aromatic N) is 1. The van der Waals surface area contributed by atoms with Gasteiger partial charge in [0.1, 0.15) is 12.4 Å². The van der Waals surface area contributed by atoms with Gasteiger partial charge in [-0.3, -0.25) is 24.6 Å². The number of aromatic nitrogens is 1. The van der Waals surface area contributed by atoms with Gasteiger partial charge >= 0.3 is 0 Å². The van der Waals surface area contributed by atoms with E-state index in [2.05, 4.69) is 15.6 Å². The van der Waals surface area contributed by atoms with Crippen LogP contribution in [0.25, 0.3) is 10.9 Å².